The van der Waals surface area contributed by atoms with Crippen LogP contribution in [0.3, 0.4) is 0 Å². The van der Waals surface area contributed by atoms with E-state index in [1.807, 2.05) is 0 Å². The molecule has 1 aliphatic carbocycles. The lowest BCUT2D eigenvalue weighted by Crippen LogP contribution is -2.47. The zero-order valence-corrected chi connectivity index (χ0v) is 16.3. The summed E-state index contributed by atoms with van der Waals surface area (Å²) >= 11 is 0. The van der Waals surface area contributed by atoms with E-state index in [0.29, 0.717) is 61.4 Å². The molecule has 1 aliphatic rings. The zero-order chi connectivity index (χ0) is 24.6. The van der Waals surface area contributed by atoms with Crippen molar-refractivity contribution in [2.75, 3.05) is 0 Å². The van der Waals surface area contributed by atoms with Crippen molar-refractivity contribution in [3.8, 4) is 0 Å². The molecule has 0 N–H and O–H groups in total. The molecule has 0 saturated heterocycles. The summed E-state index contributed by atoms with van der Waals surface area (Å²) in [5, 5.41) is 0. The van der Waals surface area contributed by atoms with E-state index in [2.05, 4.69) is 0 Å². The van der Waals surface area contributed by atoms with Gasteiger partial charge in [-0.25, -0.2) is 8.78 Å². The first kappa shape index (κ1) is 24.4. The molecule has 2 aromatic carbocycles. The molecule has 0 radical (unpaired) electrons. The van der Waals surface area contributed by atoms with Crippen molar-refractivity contribution in [2.45, 2.75) is 24.6 Å². The number of carbonyl (C=O) groups excluding carboxylic acids is 1. The third-order valence-electron chi connectivity index (χ3n) is 4.99. The first-order chi connectivity index (χ1) is 15.4. The minimum Gasteiger partial charge on any atom is -0.439 e. The van der Waals surface area contributed by atoms with Crippen LogP contribution < -0.4 is 0 Å². The number of rotatable bonds is 6. The maximum absolute atomic E-state index is 14.5. The van der Waals surface area contributed by atoms with Crippen LogP contribution >= 0.6 is 0 Å². The van der Waals surface area contributed by atoms with E-state index < -0.39 is 69.7 Å². The Labute approximate surface area is 181 Å². The maximum atomic E-state index is 14.5. The summed E-state index contributed by atoms with van der Waals surface area (Å²) in [6, 6.07) is 5.19. The van der Waals surface area contributed by atoms with Gasteiger partial charge in [0, 0.05) is 22.3 Å². The molecule has 1 fully saturated rings. The Balaban J connectivity index is 2.20. The topological polar surface area (TPSA) is 26.3 Å². The number of ether oxygens (including phenoxy) is 1. The van der Waals surface area contributed by atoms with Gasteiger partial charge in [0.05, 0.1) is 5.92 Å². The molecule has 33 heavy (non-hydrogen) atoms. The Kier molecular flexibility index (Phi) is 6.62. The van der Waals surface area contributed by atoms with Gasteiger partial charge in [-0.15, -0.1) is 0 Å². The van der Waals surface area contributed by atoms with E-state index in [9.17, 15) is 44.3 Å². The quantitative estimate of drug-likeness (QED) is 0.316. The first-order valence-electron chi connectivity index (χ1n) is 9.31. The van der Waals surface area contributed by atoms with Crippen LogP contribution in [0, 0.1) is 5.92 Å². The van der Waals surface area contributed by atoms with Gasteiger partial charge in [0.25, 0.3) is 5.60 Å². The normalized spacial score (nSPS) is 14.0. The van der Waals surface area contributed by atoms with Crippen LogP contribution in [-0.4, -0.2) is 12.1 Å². The summed E-state index contributed by atoms with van der Waals surface area (Å²) in [6.07, 6.45) is -10.1. The van der Waals surface area contributed by atoms with Gasteiger partial charge in [-0.3, -0.25) is 4.79 Å². The zero-order valence-electron chi connectivity index (χ0n) is 16.3. The van der Waals surface area contributed by atoms with Crippen LogP contribution in [0.4, 0.5) is 39.5 Å². The molecule has 2 nitrogen and oxygen atoms in total. The third-order valence-corrected chi connectivity index (χ3v) is 4.99. The number of halogens is 9. The second kappa shape index (κ2) is 8.95. The van der Waals surface area contributed by atoms with E-state index in [1.165, 1.54) is 0 Å². The summed E-state index contributed by atoms with van der Waals surface area (Å²) in [6.45, 7) is 0. The number of hydrogen-bond donors (Lipinski definition) is 0. The minimum atomic E-state index is -5.33. The van der Waals surface area contributed by atoms with Gasteiger partial charge in [0.15, 0.2) is 11.7 Å². The molecule has 0 bridgehead atoms. The first-order valence-corrected chi connectivity index (χ1v) is 9.31. The molecule has 0 atom stereocenters. The molecular formula is C22H13F9O2. The van der Waals surface area contributed by atoms with Crippen LogP contribution in [0.5, 0.6) is 0 Å². The van der Waals surface area contributed by atoms with E-state index in [4.69, 9.17) is 4.74 Å². The van der Waals surface area contributed by atoms with Gasteiger partial charge >= 0.3 is 24.3 Å². The van der Waals surface area contributed by atoms with Crippen LogP contribution in [-0.2, 0) is 15.1 Å². The largest absolute Gasteiger partial charge is 0.439 e. The highest BCUT2D eigenvalue weighted by atomic mass is 19.4. The summed E-state index contributed by atoms with van der Waals surface area (Å²) in [4.78, 5) is 12.3. The van der Waals surface area contributed by atoms with Crippen molar-refractivity contribution in [2.24, 2.45) is 5.92 Å². The third kappa shape index (κ3) is 4.76. The van der Waals surface area contributed by atoms with Crippen molar-refractivity contribution in [1.29, 1.82) is 0 Å². The summed E-state index contributed by atoms with van der Waals surface area (Å²) in [7, 11) is 0. The van der Waals surface area contributed by atoms with Crippen molar-refractivity contribution < 1.29 is 49.0 Å². The Hall–Kier alpha value is -3.24. The maximum Gasteiger partial charge on any atom is 0.437 e. The number of benzene rings is 2. The van der Waals surface area contributed by atoms with Gasteiger partial charge in [0.1, 0.15) is 0 Å². The molecule has 0 aromatic heterocycles. The molecule has 11 heteroatoms. The average molecular weight is 480 g/mol. The smallest absolute Gasteiger partial charge is 0.437 e. The van der Waals surface area contributed by atoms with Gasteiger partial charge in [-0.1, -0.05) is 48.5 Å². The van der Waals surface area contributed by atoms with Gasteiger partial charge < -0.3 is 4.74 Å². The monoisotopic (exact) mass is 480 g/mol. The van der Waals surface area contributed by atoms with E-state index in [-0.39, 0.29) is 0 Å². The van der Waals surface area contributed by atoms with Gasteiger partial charge in [-0.05, 0) is 12.8 Å². The molecule has 0 aliphatic heterocycles. The minimum absolute atomic E-state index is 0.294. The fourth-order valence-corrected chi connectivity index (χ4v) is 3.14. The molecular weight excluding hydrogens is 467 g/mol. The SMILES string of the molecule is O=C(OC(c1ccc(C(F)=C(F)F)cc1)(c1ccc(C(F)=C(F)F)cc1)C(F)(F)F)C1CC1. The Morgan fingerprint density at radius 1 is 0.697 bits per heavy atom. The number of carbonyl (C=O) groups is 1. The summed E-state index contributed by atoms with van der Waals surface area (Å²) < 4.78 is 125. The Morgan fingerprint density at radius 2 is 1.06 bits per heavy atom. The molecule has 3 rings (SSSR count). The Morgan fingerprint density at radius 3 is 1.33 bits per heavy atom. The number of hydrogen-bond acceptors (Lipinski definition) is 2. The van der Waals surface area contributed by atoms with E-state index in [1.54, 1.807) is 0 Å². The van der Waals surface area contributed by atoms with Crippen LogP contribution in [0.2, 0.25) is 0 Å². The van der Waals surface area contributed by atoms with Gasteiger partial charge in [0.2, 0.25) is 0 Å². The number of esters is 1. The lowest BCUT2D eigenvalue weighted by molar-refractivity contribution is -0.261. The lowest BCUT2D eigenvalue weighted by Gasteiger charge is -2.36. The second-order valence-corrected chi connectivity index (χ2v) is 7.18. The van der Waals surface area contributed by atoms with Crippen LogP contribution in [0.25, 0.3) is 11.7 Å². The fraction of sp³-hybridized carbons (Fsp3) is 0.227. The van der Waals surface area contributed by atoms with Gasteiger partial charge in [-0.2, -0.15) is 30.7 Å². The lowest BCUT2D eigenvalue weighted by atomic mass is 9.84. The van der Waals surface area contributed by atoms with Crippen molar-refractivity contribution >= 4 is 17.6 Å². The predicted octanol–water partition coefficient (Wildman–Crippen LogP) is 7.51. The molecule has 2 aromatic rings. The van der Waals surface area contributed by atoms with E-state index in [0.717, 1.165) is 0 Å². The summed E-state index contributed by atoms with van der Waals surface area (Å²) in [5.74, 6) is -5.88. The second-order valence-electron chi connectivity index (χ2n) is 7.18. The number of alkyl halides is 3. The molecule has 0 amide bonds. The molecule has 176 valence electrons. The predicted molar refractivity (Wildman–Crippen MR) is 99.0 cm³/mol. The van der Waals surface area contributed by atoms with Crippen LogP contribution in [0.1, 0.15) is 35.1 Å². The molecule has 1 saturated carbocycles. The molecule has 0 heterocycles. The standard InChI is InChI=1S/C22H13F9O2/c23-16(18(25)26)11-3-7-14(8-4-11)21(22(29,30)31,33-20(32)13-1-2-13)15-9-5-12(6-10-15)17(24)19(27)28/h3-10,13H,1-2H2. The molecule has 0 unspecified atom stereocenters. The Bertz CT molecular complexity index is 1020. The van der Waals surface area contributed by atoms with Crippen molar-refractivity contribution in [1.82, 2.24) is 0 Å². The van der Waals surface area contributed by atoms with E-state index >= 15 is 0 Å². The van der Waals surface area contributed by atoms with Crippen molar-refractivity contribution in [3.05, 3.63) is 82.9 Å². The molecule has 0 spiro atoms. The highest BCUT2D eigenvalue weighted by Crippen LogP contribution is 2.49. The highest BCUT2D eigenvalue weighted by Gasteiger charge is 2.61. The fourth-order valence-electron chi connectivity index (χ4n) is 3.14. The average Bonchev–Trinajstić information content (AvgIpc) is 3.61. The van der Waals surface area contributed by atoms with Crippen LogP contribution in [0.15, 0.2) is 60.7 Å². The van der Waals surface area contributed by atoms with Crippen molar-refractivity contribution in [3.63, 3.8) is 0 Å². The summed E-state index contributed by atoms with van der Waals surface area (Å²) in [5.41, 5.74) is -6.46. The highest BCUT2D eigenvalue weighted by molar-refractivity contribution is 5.76.